The van der Waals surface area contributed by atoms with Crippen LogP contribution in [0.4, 0.5) is 11.4 Å². The van der Waals surface area contributed by atoms with Crippen LogP contribution >= 0.6 is 11.8 Å². The summed E-state index contributed by atoms with van der Waals surface area (Å²) in [5.74, 6) is -0.137. The molecule has 3 aromatic rings. The van der Waals surface area contributed by atoms with Crippen molar-refractivity contribution in [3.05, 3.63) is 93.9 Å². The summed E-state index contributed by atoms with van der Waals surface area (Å²) in [6.45, 7) is 9.20. The average Bonchev–Trinajstić information content (AvgIpc) is 2.89. The number of aryl methyl sites for hydroxylation is 3. The van der Waals surface area contributed by atoms with E-state index in [2.05, 4.69) is 36.9 Å². The molecular formula is C30H31N3O2S. The molecule has 1 saturated heterocycles. The number of fused-ring (bicyclic) bond motifs is 1. The Balaban J connectivity index is 1.32. The van der Waals surface area contributed by atoms with Gasteiger partial charge in [-0.25, -0.2) is 0 Å². The zero-order valence-corrected chi connectivity index (χ0v) is 21.8. The van der Waals surface area contributed by atoms with E-state index in [1.165, 1.54) is 34.1 Å². The molecule has 0 aromatic heterocycles. The van der Waals surface area contributed by atoms with Gasteiger partial charge in [-0.2, -0.15) is 0 Å². The molecule has 6 heteroatoms. The van der Waals surface area contributed by atoms with Gasteiger partial charge in [0.1, 0.15) is 6.54 Å². The molecule has 0 atom stereocenters. The molecule has 2 aliphatic heterocycles. The first-order valence-corrected chi connectivity index (χ1v) is 13.2. The molecule has 0 unspecified atom stereocenters. The summed E-state index contributed by atoms with van der Waals surface area (Å²) in [7, 11) is 0. The molecule has 1 fully saturated rings. The fourth-order valence-electron chi connectivity index (χ4n) is 4.73. The number of nitrogens with zero attached hydrogens (tertiary/aromatic N) is 3. The Bertz CT molecular complexity index is 1320. The van der Waals surface area contributed by atoms with Crippen molar-refractivity contribution < 1.29 is 9.59 Å². The summed E-state index contributed by atoms with van der Waals surface area (Å²) in [6, 6.07) is 22.4. The second-order valence-electron chi connectivity index (χ2n) is 9.54. The summed E-state index contributed by atoms with van der Waals surface area (Å²) >= 11 is 1.47. The summed E-state index contributed by atoms with van der Waals surface area (Å²) < 4.78 is 0. The number of thioether (sulfide) groups is 1. The quantitative estimate of drug-likeness (QED) is 0.450. The third kappa shape index (κ3) is 5.05. The van der Waals surface area contributed by atoms with Crippen LogP contribution in [0.25, 0.3) is 6.08 Å². The minimum atomic E-state index is -0.123. The first-order valence-electron chi connectivity index (χ1n) is 12.4. The van der Waals surface area contributed by atoms with Crippen LogP contribution in [0.3, 0.4) is 0 Å². The Morgan fingerprint density at radius 1 is 0.861 bits per heavy atom. The lowest BCUT2D eigenvalue weighted by Gasteiger charge is -2.38. The second kappa shape index (κ2) is 10.2. The maximum atomic E-state index is 13.5. The van der Waals surface area contributed by atoms with Gasteiger partial charge in [-0.1, -0.05) is 65.9 Å². The van der Waals surface area contributed by atoms with Gasteiger partial charge in [-0.15, -0.1) is 0 Å². The number of piperazine rings is 1. The molecule has 0 aliphatic carbocycles. The van der Waals surface area contributed by atoms with Crippen LogP contribution in [0.2, 0.25) is 0 Å². The van der Waals surface area contributed by atoms with Crippen molar-refractivity contribution in [2.24, 2.45) is 0 Å². The first-order chi connectivity index (χ1) is 17.4. The summed E-state index contributed by atoms with van der Waals surface area (Å²) in [5, 5.41) is 0. The Morgan fingerprint density at radius 3 is 2.31 bits per heavy atom. The number of carbonyl (C=O) groups is 2. The topological polar surface area (TPSA) is 43.9 Å². The molecule has 3 aromatic carbocycles. The van der Waals surface area contributed by atoms with Gasteiger partial charge >= 0.3 is 0 Å². The maximum Gasteiger partial charge on any atom is 0.265 e. The van der Waals surface area contributed by atoms with Crippen molar-refractivity contribution in [3.63, 3.8) is 0 Å². The average molecular weight is 498 g/mol. The fraction of sp³-hybridized carbons (Fsp3) is 0.267. The highest BCUT2D eigenvalue weighted by Crippen LogP contribution is 2.42. The van der Waals surface area contributed by atoms with E-state index in [1.807, 2.05) is 66.4 Å². The normalized spacial score (nSPS) is 16.9. The predicted octanol–water partition coefficient (Wildman–Crippen LogP) is 5.44. The van der Waals surface area contributed by atoms with Gasteiger partial charge < -0.3 is 9.80 Å². The van der Waals surface area contributed by atoms with Crippen molar-refractivity contribution in [1.82, 2.24) is 4.90 Å². The van der Waals surface area contributed by atoms with Crippen molar-refractivity contribution >= 4 is 41.0 Å². The molecule has 36 heavy (non-hydrogen) atoms. The van der Waals surface area contributed by atoms with Crippen molar-refractivity contribution in [3.8, 4) is 0 Å². The Kier molecular flexibility index (Phi) is 6.88. The molecule has 2 amide bonds. The first kappa shape index (κ1) is 24.2. The zero-order chi connectivity index (χ0) is 25.2. The maximum absolute atomic E-state index is 13.5. The zero-order valence-electron chi connectivity index (χ0n) is 21.0. The van der Waals surface area contributed by atoms with Gasteiger partial charge in [0.15, 0.2) is 0 Å². The molecule has 2 aliphatic rings. The fourth-order valence-corrected chi connectivity index (χ4v) is 5.78. The van der Waals surface area contributed by atoms with E-state index < -0.39 is 0 Å². The molecule has 5 nitrogen and oxygen atoms in total. The summed E-state index contributed by atoms with van der Waals surface area (Å²) in [4.78, 5) is 34.4. The smallest absolute Gasteiger partial charge is 0.265 e. The molecule has 2 heterocycles. The highest BCUT2D eigenvalue weighted by Gasteiger charge is 2.32. The van der Waals surface area contributed by atoms with Crippen LogP contribution < -0.4 is 9.80 Å². The van der Waals surface area contributed by atoms with Gasteiger partial charge in [-0.3, -0.25) is 14.5 Å². The van der Waals surface area contributed by atoms with Crippen LogP contribution in [-0.2, 0) is 9.59 Å². The number of hydrogen-bond donors (Lipinski definition) is 0. The van der Waals surface area contributed by atoms with E-state index >= 15 is 0 Å². The Labute approximate surface area is 217 Å². The van der Waals surface area contributed by atoms with Crippen LogP contribution in [0, 0.1) is 20.8 Å². The van der Waals surface area contributed by atoms with E-state index in [9.17, 15) is 9.59 Å². The monoisotopic (exact) mass is 497 g/mol. The Morgan fingerprint density at radius 2 is 1.56 bits per heavy atom. The molecule has 184 valence electrons. The number of hydrogen-bond acceptors (Lipinski definition) is 4. The van der Waals surface area contributed by atoms with Gasteiger partial charge in [0.25, 0.3) is 5.91 Å². The SMILES string of the molecule is Cc1ccc(/C=C2/Sc3ccccc3N(CC(=O)N3CCN(c4cc(C)ccc4C)CC3)C2=O)cc1. The van der Waals surface area contributed by atoms with E-state index in [0.717, 1.165) is 29.2 Å². The minimum absolute atomic E-state index is 0.0136. The van der Waals surface area contributed by atoms with Gasteiger partial charge in [-0.05, 0) is 61.7 Å². The van der Waals surface area contributed by atoms with Gasteiger partial charge in [0, 0.05) is 36.8 Å². The number of carbonyl (C=O) groups excluding carboxylic acids is 2. The van der Waals surface area contributed by atoms with E-state index in [0.29, 0.717) is 18.0 Å². The summed E-state index contributed by atoms with van der Waals surface area (Å²) in [6.07, 6.45) is 1.92. The molecule has 0 N–H and O–H groups in total. The van der Waals surface area contributed by atoms with E-state index in [-0.39, 0.29) is 18.4 Å². The largest absolute Gasteiger partial charge is 0.368 e. The van der Waals surface area contributed by atoms with Crippen LogP contribution in [0.1, 0.15) is 22.3 Å². The second-order valence-corrected chi connectivity index (χ2v) is 10.6. The molecule has 0 spiro atoms. The number of para-hydroxylation sites is 1. The lowest BCUT2D eigenvalue weighted by Crippen LogP contribution is -2.52. The van der Waals surface area contributed by atoms with Crippen LogP contribution in [0.15, 0.2) is 76.5 Å². The standard InChI is InChI=1S/C30H31N3O2S/c1-21-9-12-24(13-10-21)19-28-30(35)33(25-6-4-5-7-27(25)36-28)20-29(34)32-16-14-31(15-17-32)26-18-22(2)8-11-23(26)3/h4-13,18-19H,14-17,20H2,1-3H3/b28-19+. The third-order valence-corrected chi connectivity index (χ3v) is 7.92. The lowest BCUT2D eigenvalue weighted by molar-refractivity contribution is -0.131. The van der Waals surface area contributed by atoms with Crippen molar-refractivity contribution in [1.29, 1.82) is 0 Å². The summed E-state index contributed by atoms with van der Waals surface area (Å²) in [5.41, 5.74) is 6.69. The number of rotatable bonds is 4. The van der Waals surface area contributed by atoms with Crippen LogP contribution in [0.5, 0.6) is 0 Å². The van der Waals surface area contributed by atoms with Gasteiger partial charge in [0.05, 0.1) is 10.6 Å². The Hall–Kier alpha value is -3.51. The molecule has 0 saturated carbocycles. The van der Waals surface area contributed by atoms with Gasteiger partial charge in [0.2, 0.25) is 5.91 Å². The molecular weight excluding hydrogens is 466 g/mol. The number of benzene rings is 3. The minimum Gasteiger partial charge on any atom is -0.368 e. The predicted molar refractivity (Wildman–Crippen MR) is 149 cm³/mol. The number of amides is 2. The van der Waals surface area contributed by atoms with E-state index in [4.69, 9.17) is 0 Å². The molecule has 0 bridgehead atoms. The van der Waals surface area contributed by atoms with Crippen molar-refractivity contribution in [2.45, 2.75) is 25.7 Å². The third-order valence-electron chi connectivity index (χ3n) is 6.84. The number of anilines is 2. The molecule has 5 rings (SSSR count). The van der Waals surface area contributed by atoms with Crippen molar-refractivity contribution in [2.75, 3.05) is 42.5 Å². The lowest BCUT2D eigenvalue weighted by atomic mass is 10.1. The highest BCUT2D eigenvalue weighted by molar-refractivity contribution is 8.04. The van der Waals surface area contributed by atoms with E-state index in [1.54, 1.807) is 4.90 Å². The van der Waals surface area contributed by atoms with Crippen LogP contribution in [-0.4, -0.2) is 49.4 Å². The highest BCUT2D eigenvalue weighted by atomic mass is 32.2. The molecule has 0 radical (unpaired) electrons.